The first-order valence-corrected chi connectivity index (χ1v) is 16.5. The zero-order valence-corrected chi connectivity index (χ0v) is 29.6. The van der Waals surface area contributed by atoms with E-state index in [0.717, 1.165) is 25.0 Å². The first-order chi connectivity index (χ1) is 22.9. The number of carbonyl (C=O) groups excluding carboxylic acids is 3. The SMILES string of the molecule is COCCOc1cc(C(=O)NCC(C[C@H]2CCCOC2)N(C)C(=O)OC(C)(C)C)cc(C(OCCNC(=O)OC)c2cccc(Cl)c2)c1. The molecule has 13 heteroatoms. The molecule has 0 aliphatic carbocycles. The van der Waals surface area contributed by atoms with Crippen molar-refractivity contribution in [3.05, 3.63) is 64.2 Å². The van der Waals surface area contributed by atoms with Crippen molar-refractivity contribution in [1.82, 2.24) is 15.5 Å². The highest BCUT2D eigenvalue weighted by Crippen LogP contribution is 2.32. The Morgan fingerprint density at radius 1 is 1.04 bits per heavy atom. The summed E-state index contributed by atoms with van der Waals surface area (Å²) in [6, 6.07) is 12.1. The Bertz CT molecular complexity index is 1330. The van der Waals surface area contributed by atoms with Gasteiger partial charge >= 0.3 is 12.2 Å². The molecule has 266 valence electrons. The fraction of sp³-hybridized carbons (Fsp3) is 0.571. The Kier molecular flexibility index (Phi) is 15.7. The molecule has 1 fully saturated rings. The minimum absolute atomic E-state index is 0.145. The lowest BCUT2D eigenvalue weighted by atomic mass is 9.93. The number of nitrogens with zero attached hydrogens (tertiary/aromatic N) is 1. The maximum absolute atomic E-state index is 13.8. The van der Waals surface area contributed by atoms with E-state index in [1.165, 1.54) is 7.11 Å². The van der Waals surface area contributed by atoms with Crippen LogP contribution in [0.15, 0.2) is 42.5 Å². The highest BCUT2D eigenvalue weighted by Gasteiger charge is 2.29. The number of rotatable bonds is 16. The van der Waals surface area contributed by atoms with E-state index in [9.17, 15) is 14.4 Å². The van der Waals surface area contributed by atoms with Gasteiger partial charge in [-0.15, -0.1) is 0 Å². The summed E-state index contributed by atoms with van der Waals surface area (Å²) in [6.07, 6.45) is 0.892. The number of likely N-dealkylation sites (N-methyl/N-ethyl adjacent to an activating group) is 1. The summed E-state index contributed by atoms with van der Waals surface area (Å²) in [5.74, 6) is 0.340. The minimum atomic E-state index is -0.663. The molecule has 0 radical (unpaired) electrons. The van der Waals surface area contributed by atoms with Gasteiger partial charge in [0, 0.05) is 51.0 Å². The number of amides is 3. The highest BCUT2D eigenvalue weighted by molar-refractivity contribution is 6.30. The monoisotopic (exact) mass is 691 g/mol. The van der Waals surface area contributed by atoms with Crippen LogP contribution in [0, 0.1) is 5.92 Å². The number of halogens is 1. The van der Waals surface area contributed by atoms with Crippen molar-refractivity contribution in [1.29, 1.82) is 0 Å². The van der Waals surface area contributed by atoms with Crippen molar-refractivity contribution >= 4 is 29.7 Å². The van der Waals surface area contributed by atoms with E-state index in [0.29, 0.717) is 41.5 Å². The van der Waals surface area contributed by atoms with Gasteiger partial charge in [-0.3, -0.25) is 4.79 Å². The molecule has 0 saturated carbocycles. The molecule has 3 atom stereocenters. The Hall–Kier alpha value is -3.58. The van der Waals surface area contributed by atoms with Crippen molar-refractivity contribution < 1.29 is 42.8 Å². The maximum Gasteiger partial charge on any atom is 0.410 e. The summed E-state index contributed by atoms with van der Waals surface area (Å²) >= 11 is 6.34. The first-order valence-electron chi connectivity index (χ1n) is 16.2. The molecule has 2 unspecified atom stereocenters. The molecular weight excluding hydrogens is 642 g/mol. The van der Waals surface area contributed by atoms with Crippen LogP contribution in [0.1, 0.15) is 67.6 Å². The summed E-state index contributed by atoms with van der Waals surface area (Å²) in [5, 5.41) is 6.16. The summed E-state index contributed by atoms with van der Waals surface area (Å²) in [4.78, 5) is 40.0. The molecule has 12 nitrogen and oxygen atoms in total. The highest BCUT2D eigenvalue weighted by atomic mass is 35.5. The second-order valence-corrected chi connectivity index (χ2v) is 13.1. The molecule has 0 spiro atoms. The largest absolute Gasteiger partial charge is 0.491 e. The van der Waals surface area contributed by atoms with Gasteiger partial charge in [-0.2, -0.15) is 0 Å². The first kappa shape index (κ1) is 38.9. The Labute approximate surface area is 288 Å². The molecule has 0 bridgehead atoms. The Balaban J connectivity index is 1.89. The normalized spacial score (nSPS) is 15.9. The van der Waals surface area contributed by atoms with Crippen LogP contribution in [0.3, 0.4) is 0 Å². The van der Waals surface area contributed by atoms with Gasteiger partial charge in [-0.05, 0) is 87.4 Å². The van der Waals surface area contributed by atoms with Gasteiger partial charge in [-0.1, -0.05) is 23.7 Å². The average molecular weight is 692 g/mol. The van der Waals surface area contributed by atoms with Crippen LogP contribution in [-0.2, 0) is 23.7 Å². The van der Waals surface area contributed by atoms with Gasteiger partial charge in [0.25, 0.3) is 5.91 Å². The molecule has 1 aliphatic rings. The lowest BCUT2D eigenvalue weighted by Crippen LogP contribution is -2.48. The molecule has 2 aromatic rings. The maximum atomic E-state index is 13.8. The minimum Gasteiger partial charge on any atom is -0.491 e. The van der Waals surface area contributed by atoms with E-state index >= 15 is 0 Å². The van der Waals surface area contributed by atoms with E-state index in [1.54, 1.807) is 49.4 Å². The van der Waals surface area contributed by atoms with E-state index in [-0.39, 0.29) is 44.2 Å². The average Bonchev–Trinajstić information content (AvgIpc) is 3.05. The Morgan fingerprint density at radius 3 is 2.50 bits per heavy atom. The van der Waals surface area contributed by atoms with E-state index in [2.05, 4.69) is 15.4 Å². The molecule has 3 rings (SSSR count). The van der Waals surface area contributed by atoms with Crippen LogP contribution in [0.4, 0.5) is 9.59 Å². The van der Waals surface area contributed by atoms with Crippen LogP contribution in [0.5, 0.6) is 5.75 Å². The second-order valence-electron chi connectivity index (χ2n) is 12.6. The molecule has 48 heavy (non-hydrogen) atoms. The molecule has 1 aliphatic heterocycles. The van der Waals surface area contributed by atoms with E-state index in [4.69, 9.17) is 35.3 Å². The predicted octanol–water partition coefficient (Wildman–Crippen LogP) is 5.61. The van der Waals surface area contributed by atoms with Crippen molar-refractivity contribution in [2.45, 2.75) is 57.8 Å². The van der Waals surface area contributed by atoms with Crippen LogP contribution in [0.25, 0.3) is 0 Å². The molecular formula is C35H50ClN3O9. The second kappa shape index (κ2) is 19.4. The van der Waals surface area contributed by atoms with Gasteiger partial charge in [0.1, 0.15) is 24.1 Å². The molecule has 3 amide bonds. The third-order valence-electron chi connectivity index (χ3n) is 7.63. The number of nitrogens with one attached hydrogen (secondary N) is 2. The van der Waals surface area contributed by atoms with E-state index in [1.807, 2.05) is 32.9 Å². The molecule has 1 heterocycles. The summed E-state index contributed by atoms with van der Waals surface area (Å²) in [6.45, 7) is 7.94. The van der Waals surface area contributed by atoms with Crippen LogP contribution >= 0.6 is 11.6 Å². The smallest absolute Gasteiger partial charge is 0.410 e. The fourth-order valence-corrected chi connectivity index (χ4v) is 5.44. The summed E-state index contributed by atoms with van der Waals surface area (Å²) in [7, 11) is 4.56. The summed E-state index contributed by atoms with van der Waals surface area (Å²) in [5.41, 5.74) is 1.05. The van der Waals surface area contributed by atoms with Crippen molar-refractivity contribution in [3.63, 3.8) is 0 Å². The quantitative estimate of drug-likeness (QED) is 0.216. The Morgan fingerprint density at radius 2 is 1.83 bits per heavy atom. The zero-order chi connectivity index (χ0) is 35.1. The zero-order valence-electron chi connectivity index (χ0n) is 28.8. The number of alkyl carbamates (subject to hydrolysis) is 1. The molecule has 2 N–H and O–H groups in total. The molecule has 2 aromatic carbocycles. The third-order valence-corrected chi connectivity index (χ3v) is 7.87. The predicted molar refractivity (Wildman–Crippen MR) is 182 cm³/mol. The van der Waals surface area contributed by atoms with Crippen molar-refractivity contribution in [3.8, 4) is 5.75 Å². The number of benzene rings is 2. The van der Waals surface area contributed by atoms with E-state index < -0.39 is 23.9 Å². The molecule has 1 saturated heterocycles. The number of hydrogen-bond acceptors (Lipinski definition) is 9. The lowest BCUT2D eigenvalue weighted by Gasteiger charge is -2.34. The molecule has 0 aromatic heterocycles. The van der Waals surface area contributed by atoms with Crippen LogP contribution in [0.2, 0.25) is 5.02 Å². The van der Waals surface area contributed by atoms with Gasteiger partial charge in [-0.25, -0.2) is 9.59 Å². The number of hydrogen-bond donors (Lipinski definition) is 2. The van der Waals surface area contributed by atoms with Gasteiger partial charge in [0.15, 0.2) is 0 Å². The number of carbonyl (C=O) groups is 3. The van der Waals surface area contributed by atoms with Crippen molar-refractivity contribution in [2.24, 2.45) is 5.92 Å². The van der Waals surface area contributed by atoms with Gasteiger partial charge in [0.05, 0.1) is 26.4 Å². The fourth-order valence-electron chi connectivity index (χ4n) is 5.24. The lowest BCUT2D eigenvalue weighted by molar-refractivity contribution is 0.0112. The number of methoxy groups -OCH3 is 2. The topological polar surface area (TPSA) is 134 Å². The standard InChI is InChI=1S/C35H50ClN3O9/c1-35(2,3)48-34(42)39(4)29(17-24-9-8-13-45-23-24)22-38-32(40)27-18-26(20-30(21-27)46-16-15-43-5)31(25-10-7-11-28(36)19-25)47-14-12-37-33(41)44-6/h7,10-11,18-21,24,29,31H,8-9,12-17,22-23H2,1-6H3,(H,37,41)(H,38,40)/t24-,29?,31?/m1/s1. The third kappa shape index (κ3) is 13.1. The van der Waals surface area contributed by atoms with Gasteiger partial charge in [0.2, 0.25) is 0 Å². The number of ether oxygens (including phenoxy) is 6. The van der Waals surface area contributed by atoms with Gasteiger partial charge < -0.3 is 44.0 Å². The van der Waals surface area contributed by atoms with Crippen LogP contribution in [-0.4, -0.2) is 102 Å². The van der Waals surface area contributed by atoms with Crippen LogP contribution < -0.4 is 15.4 Å². The van der Waals surface area contributed by atoms with Crippen molar-refractivity contribution in [2.75, 3.05) is 67.4 Å². The summed E-state index contributed by atoms with van der Waals surface area (Å²) < 4.78 is 33.3.